The van der Waals surface area contributed by atoms with Crippen molar-refractivity contribution in [1.82, 2.24) is 19.7 Å². The molecule has 2 aromatic heterocycles. The number of aromatic nitrogens is 4. The molecule has 1 N–H and O–H groups in total. The Morgan fingerprint density at radius 2 is 2.07 bits per heavy atom. The van der Waals surface area contributed by atoms with Gasteiger partial charge in [0.15, 0.2) is 5.16 Å². The Balaban J connectivity index is 1.85. The summed E-state index contributed by atoms with van der Waals surface area (Å²) in [7, 11) is 1.75. The van der Waals surface area contributed by atoms with Crippen LogP contribution in [0.2, 0.25) is 0 Å². The first-order valence-electron chi connectivity index (χ1n) is 8.41. The van der Waals surface area contributed by atoms with E-state index in [1.165, 1.54) is 24.7 Å². The Morgan fingerprint density at radius 1 is 1.29 bits per heavy atom. The van der Waals surface area contributed by atoms with Gasteiger partial charge in [0, 0.05) is 24.9 Å². The lowest BCUT2D eigenvalue weighted by Gasteiger charge is -2.09. The van der Waals surface area contributed by atoms with E-state index in [0.717, 1.165) is 17.3 Å². The van der Waals surface area contributed by atoms with E-state index in [0.29, 0.717) is 15.7 Å². The van der Waals surface area contributed by atoms with E-state index in [9.17, 15) is 14.9 Å². The van der Waals surface area contributed by atoms with Crippen molar-refractivity contribution >= 4 is 29.0 Å². The first-order valence-corrected chi connectivity index (χ1v) is 9.23. The normalized spacial score (nSPS) is 10.9. The van der Waals surface area contributed by atoms with E-state index < -0.39 is 10.8 Å². The maximum Gasteiger partial charge on any atom is 0.284 e. The quantitative estimate of drug-likeness (QED) is 0.498. The van der Waals surface area contributed by atoms with Crippen molar-refractivity contribution in [2.75, 3.05) is 5.32 Å². The van der Waals surface area contributed by atoms with Gasteiger partial charge in [-0.25, -0.2) is 0 Å². The molecule has 0 spiro atoms. The van der Waals surface area contributed by atoms with Gasteiger partial charge in [-0.1, -0.05) is 13.8 Å². The lowest BCUT2D eigenvalue weighted by Crippen LogP contribution is -2.13. The Hall–Kier alpha value is -3.27. The van der Waals surface area contributed by atoms with E-state index in [4.69, 9.17) is 0 Å². The number of nitrogens with zero attached hydrogens (tertiary/aromatic N) is 5. The van der Waals surface area contributed by atoms with Gasteiger partial charge < -0.3 is 9.88 Å². The van der Waals surface area contributed by atoms with Gasteiger partial charge >= 0.3 is 0 Å². The summed E-state index contributed by atoms with van der Waals surface area (Å²) in [5, 5.41) is 22.4. The molecule has 0 aliphatic heterocycles. The van der Waals surface area contributed by atoms with E-state index in [1.54, 1.807) is 23.9 Å². The number of amides is 1. The molecule has 0 saturated heterocycles. The van der Waals surface area contributed by atoms with Gasteiger partial charge in [0.25, 0.3) is 11.6 Å². The van der Waals surface area contributed by atoms with Crippen molar-refractivity contribution in [3.63, 3.8) is 0 Å². The number of benzene rings is 1. The molecule has 28 heavy (non-hydrogen) atoms. The molecule has 0 saturated carbocycles. The Bertz CT molecular complexity index is 1030. The molecule has 3 aromatic rings. The minimum Gasteiger partial charge on any atom is -0.321 e. The molecule has 0 atom stereocenters. The molecule has 1 aromatic carbocycles. The number of anilines is 1. The molecule has 0 aliphatic rings. The third-order valence-corrected chi connectivity index (χ3v) is 5.09. The van der Waals surface area contributed by atoms with Gasteiger partial charge in [-0.05, 0) is 41.4 Å². The van der Waals surface area contributed by atoms with Crippen LogP contribution in [0.5, 0.6) is 0 Å². The second kappa shape index (κ2) is 8.17. The van der Waals surface area contributed by atoms with Gasteiger partial charge in [0.1, 0.15) is 6.33 Å². The number of carbonyl (C=O) groups is 1. The van der Waals surface area contributed by atoms with Crippen LogP contribution in [0.4, 0.5) is 11.4 Å². The summed E-state index contributed by atoms with van der Waals surface area (Å²) in [6.45, 7) is 4.05. The molecular weight excluding hydrogens is 380 g/mol. The van der Waals surface area contributed by atoms with Crippen LogP contribution < -0.4 is 5.32 Å². The summed E-state index contributed by atoms with van der Waals surface area (Å²) in [6, 6.07) is 6.17. The maximum atomic E-state index is 12.6. The van der Waals surface area contributed by atoms with Gasteiger partial charge in [-0.15, -0.1) is 10.2 Å². The molecular formula is C18H18N6O3S. The largest absolute Gasteiger partial charge is 0.321 e. The van der Waals surface area contributed by atoms with E-state index in [2.05, 4.69) is 20.5 Å². The predicted octanol–water partition coefficient (Wildman–Crippen LogP) is 3.65. The highest BCUT2D eigenvalue weighted by Gasteiger charge is 2.20. The SMILES string of the molecule is CC(C)c1cncc(NC(=O)c2ccc(Sc3nncn3C)c([N+](=O)[O-])c2)c1. The number of nitro benzene ring substituents is 1. The van der Waals surface area contributed by atoms with Gasteiger partial charge in [-0.2, -0.15) is 0 Å². The summed E-state index contributed by atoms with van der Waals surface area (Å²) in [4.78, 5) is 28.0. The van der Waals surface area contributed by atoms with Gasteiger partial charge in [-0.3, -0.25) is 19.9 Å². The molecule has 144 valence electrons. The zero-order chi connectivity index (χ0) is 20.3. The third kappa shape index (κ3) is 4.34. The number of aryl methyl sites for hydroxylation is 1. The minimum absolute atomic E-state index is 0.172. The fourth-order valence-electron chi connectivity index (χ4n) is 2.40. The second-order valence-corrected chi connectivity index (χ2v) is 7.39. The number of hydrogen-bond acceptors (Lipinski definition) is 7. The van der Waals surface area contributed by atoms with Gasteiger partial charge in [0.05, 0.1) is 21.7 Å². The van der Waals surface area contributed by atoms with Crippen molar-refractivity contribution in [2.45, 2.75) is 29.8 Å². The first-order chi connectivity index (χ1) is 13.3. The van der Waals surface area contributed by atoms with Gasteiger partial charge in [0.2, 0.25) is 0 Å². The standard InChI is InChI=1S/C18H18N6O3S/c1-11(2)13-6-14(9-19-8-13)21-17(25)12-4-5-16(15(7-12)24(26)27)28-18-22-20-10-23(18)3/h4-11H,1-3H3,(H,21,25). The lowest BCUT2D eigenvalue weighted by molar-refractivity contribution is -0.387. The minimum atomic E-state index is -0.517. The van der Waals surface area contributed by atoms with Crippen LogP contribution in [-0.2, 0) is 7.05 Å². The van der Waals surface area contributed by atoms with Crippen molar-refractivity contribution in [3.05, 3.63) is 64.2 Å². The summed E-state index contributed by atoms with van der Waals surface area (Å²) in [6.07, 6.45) is 4.79. The molecule has 0 aliphatic carbocycles. The topological polar surface area (TPSA) is 116 Å². The maximum absolute atomic E-state index is 12.6. The van der Waals surface area contributed by atoms with Crippen LogP contribution in [0.1, 0.15) is 35.7 Å². The lowest BCUT2D eigenvalue weighted by atomic mass is 10.1. The zero-order valence-electron chi connectivity index (χ0n) is 15.5. The molecule has 0 radical (unpaired) electrons. The van der Waals surface area contributed by atoms with E-state index in [1.807, 2.05) is 19.9 Å². The fourth-order valence-corrected chi connectivity index (χ4v) is 3.25. The number of nitrogens with one attached hydrogen (secondary N) is 1. The monoisotopic (exact) mass is 398 g/mol. The molecule has 0 bridgehead atoms. The van der Waals surface area contributed by atoms with E-state index >= 15 is 0 Å². The molecule has 0 fully saturated rings. The third-order valence-electron chi connectivity index (χ3n) is 3.97. The predicted molar refractivity (Wildman–Crippen MR) is 105 cm³/mol. The highest BCUT2D eigenvalue weighted by atomic mass is 32.2. The molecule has 3 rings (SSSR count). The Labute approximate surface area is 165 Å². The number of carbonyl (C=O) groups excluding carboxylic acids is 1. The summed E-state index contributed by atoms with van der Waals surface area (Å²) in [5.41, 5.74) is 1.54. The Kier molecular flexibility index (Phi) is 5.69. The number of pyridine rings is 1. The molecule has 1 amide bonds. The smallest absolute Gasteiger partial charge is 0.284 e. The highest BCUT2D eigenvalue weighted by molar-refractivity contribution is 7.99. The van der Waals surface area contributed by atoms with Crippen LogP contribution in [0.15, 0.2) is 53.0 Å². The summed E-state index contributed by atoms with van der Waals surface area (Å²) < 4.78 is 1.66. The molecule has 0 unspecified atom stereocenters. The first kappa shape index (κ1) is 19.5. The van der Waals surface area contributed by atoms with Crippen molar-refractivity contribution < 1.29 is 9.72 Å². The van der Waals surface area contributed by atoms with Crippen LogP contribution >= 0.6 is 11.8 Å². The summed E-state index contributed by atoms with van der Waals surface area (Å²) >= 11 is 1.11. The van der Waals surface area contributed by atoms with Crippen molar-refractivity contribution in [1.29, 1.82) is 0 Å². The average Bonchev–Trinajstić information content (AvgIpc) is 3.06. The average molecular weight is 398 g/mol. The number of nitro groups is 1. The van der Waals surface area contributed by atoms with E-state index in [-0.39, 0.29) is 17.2 Å². The van der Waals surface area contributed by atoms with Crippen molar-refractivity contribution in [3.8, 4) is 0 Å². The van der Waals surface area contributed by atoms with Crippen LogP contribution in [0, 0.1) is 10.1 Å². The zero-order valence-corrected chi connectivity index (χ0v) is 16.3. The van der Waals surface area contributed by atoms with Crippen molar-refractivity contribution in [2.24, 2.45) is 7.05 Å². The molecule has 10 heteroatoms. The highest BCUT2D eigenvalue weighted by Crippen LogP contribution is 2.34. The second-order valence-electron chi connectivity index (χ2n) is 6.38. The number of rotatable bonds is 6. The van der Waals surface area contributed by atoms with Crippen LogP contribution in [-0.4, -0.2) is 30.6 Å². The summed E-state index contributed by atoms with van der Waals surface area (Å²) in [5.74, 6) is -0.177. The molecule has 9 nitrogen and oxygen atoms in total. The van der Waals surface area contributed by atoms with Crippen LogP contribution in [0.25, 0.3) is 0 Å². The van der Waals surface area contributed by atoms with Crippen LogP contribution in [0.3, 0.4) is 0 Å². The number of hydrogen-bond donors (Lipinski definition) is 1. The molecule has 2 heterocycles. The Morgan fingerprint density at radius 3 is 2.71 bits per heavy atom. The fraction of sp³-hybridized carbons (Fsp3) is 0.222.